The summed E-state index contributed by atoms with van der Waals surface area (Å²) in [5.41, 5.74) is 5.07. The molecule has 3 aromatic rings. The number of carboxylic acid groups (broad SMARTS) is 1. The second kappa shape index (κ2) is 9.49. The van der Waals surface area contributed by atoms with Crippen molar-refractivity contribution in [3.63, 3.8) is 0 Å². The van der Waals surface area contributed by atoms with Crippen molar-refractivity contribution in [2.75, 3.05) is 21.3 Å². The molecule has 1 aromatic heterocycles. The van der Waals surface area contributed by atoms with Gasteiger partial charge in [-0.15, -0.1) is 0 Å². The van der Waals surface area contributed by atoms with E-state index >= 15 is 0 Å². The van der Waals surface area contributed by atoms with Gasteiger partial charge in [0.2, 0.25) is 5.75 Å². The number of hydrogen-bond donors (Lipinski definition) is 3. The topological polar surface area (TPSA) is 122 Å². The Bertz CT molecular complexity index is 1110. The number of H-pyrrole nitrogens is 1. The largest absolute Gasteiger partial charge is 0.493 e. The molecule has 0 aliphatic heterocycles. The molecule has 0 aliphatic carbocycles. The minimum atomic E-state index is -0.996. The summed E-state index contributed by atoms with van der Waals surface area (Å²) in [6.07, 6.45) is 3.16. The highest BCUT2D eigenvalue weighted by Crippen LogP contribution is 2.38. The van der Waals surface area contributed by atoms with Gasteiger partial charge in [0.05, 0.1) is 33.1 Å². The number of nitrogens with one attached hydrogen (secondary N) is 2. The molecule has 0 unspecified atom stereocenters. The predicted molar refractivity (Wildman–Crippen MR) is 114 cm³/mol. The molecule has 0 spiro atoms. The van der Waals surface area contributed by atoms with Crippen molar-refractivity contribution in [2.45, 2.75) is 0 Å². The summed E-state index contributed by atoms with van der Waals surface area (Å²) in [5, 5.41) is 13.1. The lowest BCUT2D eigenvalue weighted by atomic mass is 10.1. The second-order valence-electron chi connectivity index (χ2n) is 6.35. The van der Waals surface area contributed by atoms with Crippen LogP contribution in [0, 0.1) is 0 Å². The van der Waals surface area contributed by atoms with Crippen molar-refractivity contribution in [3.05, 3.63) is 65.4 Å². The molecule has 160 valence electrons. The third-order valence-electron chi connectivity index (χ3n) is 4.43. The third-order valence-corrected chi connectivity index (χ3v) is 4.43. The van der Waals surface area contributed by atoms with E-state index in [-0.39, 0.29) is 11.1 Å². The Balaban J connectivity index is 1.72. The molecule has 2 aromatic carbocycles. The quantitative estimate of drug-likeness (QED) is 0.378. The molecule has 0 saturated carbocycles. The van der Waals surface area contributed by atoms with Gasteiger partial charge in [-0.1, -0.05) is 12.1 Å². The Labute approximate surface area is 178 Å². The van der Waals surface area contributed by atoms with Crippen LogP contribution in [0.1, 0.15) is 26.3 Å². The smallest absolute Gasteiger partial charge is 0.335 e. The molecule has 9 heteroatoms. The summed E-state index contributed by atoms with van der Waals surface area (Å²) in [4.78, 5) is 26.6. The lowest BCUT2D eigenvalue weighted by Gasteiger charge is -2.13. The number of aromatic carboxylic acids is 1. The van der Waals surface area contributed by atoms with Gasteiger partial charge >= 0.3 is 5.97 Å². The van der Waals surface area contributed by atoms with Crippen LogP contribution in [0.15, 0.2) is 53.8 Å². The zero-order valence-corrected chi connectivity index (χ0v) is 17.1. The fourth-order valence-corrected chi connectivity index (χ4v) is 2.91. The molecule has 3 N–H and O–H groups in total. The molecular formula is C22H21N3O6. The second-order valence-corrected chi connectivity index (χ2v) is 6.35. The molecule has 0 aliphatic rings. The van der Waals surface area contributed by atoms with Crippen LogP contribution in [0.3, 0.4) is 0 Å². The van der Waals surface area contributed by atoms with Gasteiger partial charge in [-0.25, -0.2) is 10.2 Å². The maximum absolute atomic E-state index is 12.5. The van der Waals surface area contributed by atoms with Crippen molar-refractivity contribution in [3.8, 4) is 28.5 Å². The lowest BCUT2D eigenvalue weighted by molar-refractivity contribution is 0.0696. The van der Waals surface area contributed by atoms with Crippen molar-refractivity contribution < 1.29 is 28.9 Å². The number of hydrazone groups is 1. The van der Waals surface area contributed by atoms with Crippen LogP contribution in [0.5, 0.6) is 17.2 Å². The van der Waals surface area contributed by atoms with E-state index in [1.165, 1.54) is 45.7 Å². The van der Waals surface area contributed by atoms with Crippen LogP contribution in [-0.2, 0) is 0 Å². The first-order valence-electron chi connectivity index (χ1n) is 9.12. The van der Waals surface area contributed by atoms with E-state index in [0.29, 0.717) is 22.8 Å². The van der Waals surface area contributed by atoms with E-state index in [1.54, 1.807) is 30.5 Å². The Morgan fingerprint density at radius 1 is 1.00 bits per heavy atom. The highest BCUT2D eigenvalue weighted by molar-refractivity contribution is 5.96. The van der Waals surface area contributed by atoms with Crippen molar-refractivity contribution in [1.29, 1.82) is 0 Å². The van der Waals surface area contributed by atoms with Crippen LogP contribution >= 0.6 is 0 Å². The van der Waals surface area contributed by atoms with E-state index in [1.807, 2.05) is 0 Å². The van der Waals surface area contributed by atoms with Gasteiger partial charge < -0.3 is 24.3 Å². The molecule has 0 bridgehead atoms. The Morgan fingerprint density at radius 2 is 1.71 bits per heavy atom. The number of rotatable bonds is 8. The number of ether oxygens (including phenoxy) is 3. The van der Waals surface area contributed by atoms with Crippen LogP contribution < -0.4 is 19.6 Å². The SMILES string of the molecule is COc1cc(C(=O)N/N=C/c2c[nH]c(-c3cccc(C(=O)O)c3)c2)cc(OC)c1OC. The monoisotopic (exact) mass is 423 g/mol. The number of carbonyl (C=O) groups excluding carboxylic acids is 1. The summed E-state index contributed by atoms with van der Waals surface area (Å²) in [7, 11) is 4.41. The fourth-order valence-electron chi connectivity index (χ4n) is 2.91. The van der Waals surface area contributed by atoms with Crippen molar-refractivity contribution in [1.82, 2.24) is 10.4 Å². The van der Waals surface area contributed by atoms with Gasteiger partial charge in [0.25, 0.3) is 5.91 Å². The third kappa shape index (κ3) is 4.84. The number of carboxylic acids is 1. The first-order valence-corrected chi connectivity index (χ1v) is 9.12. The van der Waals surface area contributed by atoms with E-state index in [2.05, 4.69) is 15.5 Å². The summed E-state index contributed by atoms with van der Waals surface area (Å²) < 4.78 is 15.7. The lowest BCUT2D eigenvalue weighted by Crippen LogP contribution is -2.18. The predicted octanol–water partition coefficient (Wildman–Crippen LogP) is 3.17. The van der Waals surface area contributed by atoms with E-state index in [9.17, 15) is 9.59 Å². The van der Waals surface area contributed by atoms with Crippen molar-refractivity contribution in [2.24, 2.45) is 5.10 Å². The molecule has 0 fully saturated rings. The van der Waals surface area contributed by atoms with Gasteiger partial charge in [-0.3, -0.25) is 4.79 Å². The van der Waals surface area contributed by atoms with Gasteiger partial charge in [-0.05, 0) is 35.9 Å². The molecule has 3 rings (SSSR count). The molecule has 0 saturated heterocycles. The maximum atomic E-state index is 12.5. The number of hydrogen-bond acceptors (Lipinski definition) is 6. The molecule has 1 heterocycles. The van der Waals surface area contributed by atoms with E-state index in [0.717, 1.165) is 11.3 Å². The van der Waals surface area contributed by atoms with Gasteiger partial charge in [0.1, 0.15) is 0 Å². The number of aromatic amines is 1. The number of aromatic nitrogens is 1. The number of nitrogens with zero attached hydrogens (tertiary/aromatic N) is 1. The van der Waals surface area contributed by atoms with Crippen LogP contribution in [-0.4, -0.2) is 49.5 Å². The number of amides is 1. The summed E-state index contributed by atoms with van der Waals surface area (Å²) in [5.74, 6) is -0.355. The van der Waals surface area contributed by atoms with Crippen LogP contribution in [0.25, 0.3) is 11.3 Å². The minimum absolute atomic E-state index is 0.194. The molecule has 0 radical (unpaired) electrons. The molecular weight excluding hydrogens is 402 g/mol. The van der Waals surface area contributed by atoms with E-state index < -0.39 is 11.9 Å². The van der Waals surface area contributed by atoms with E-state index in [4.69, 9.17) is 19.3 Å². The zero-order chi connectivity index (χ0) is 22.4. The standard InChI is InChI=1S/C22H21N3O6/c1-29-18-9-16(10-19(30-2)20(18)31-3)21(26)25-24-12-13-7-17(23-11-13)14-5-4-6-15(8-14)22(27)28/h4-12,23H,1-3H3,(H,25,26)(H,27,28)/b24-12+. The van der Waals surface area contributed by atoms with Crippen LogP contribution in [0.4, 0.5) is 0 Å². The highest BCUT2D eigenvalue weighted by atomic mass is 16.5. The number of benzene rings is 2. The highest BCUT2D eigenvalue weighted by Gasteiger charge is 2.16. The minimum Gasteiger partial charge on any atom is -0.493 e. The molecule has 31 heavy (non-hydrogen) atoms. The van der Waals surface area contributed by atoms with Gasteiger partial charge in [0, 0.05) is 23.0 Å². The molecule has 0 atom stereocenters. The first-order chi connectivity index (χ1) is 15.0. The average molecular weight is 423 g/mol. The Morgan fingerprint density at radius 3 is 2.32 bits per heavy atom. The summed E-state index contributed by atoms with van der Waals surface area (Å²) in [6.45, 7) is 0. The maximum Gasteiger partial charge on any atom is 0.335 e. The van der Waals surface area contributed by atoms with Crippen molar-refractivity contribution >= 4 is 18.1 Å². The number of methoxy groups -OCH3 is 3. The zero-order valence-electron chi connectivity index (χ0n) is 17.1. The average Bonchev–Trinajstić information content (AvgIpc) is 3.26. The fraction of sp³-hybridized carbons (Fsp3) is 0.136. The number of carbonyl (C=O) groups is 2. The van der Waals surface area contributed by atoms with Gasteiger partial charge in [0.15, 0.2) is 11.5 Å². The molecule has 9 nitrogen and oxygen atoms in total. The first kappa shape index (κ1) is 21.4. The summed E-state index contributed by atoms with van der Waals surface area (Å²) in [6, 6.07) is 11.4. The Kier molecular flexibility index (Phi) is 6.56. The normalized spacial score (nSPS) is 10.7. The van der Waals surface area contributed by atoms with Gasteiger partial charge in [-0.2, -0.15) is 5.10 Å². The summed E-state index contributed by atoms with van der Waals surface area (Å²) >= 11 is 0. The molecule has 1 amide bonds. The Hall–Kier alpha value is -4.27. The van der Waals surface area contributed by atoms with Crippen LogP contribution in [0.2, 0.25) is 0 Å².